The monoisotopic (exact) mass is 366 g/mol. The molecule has 0 heterocycles. The molecule has 7 heteroatoms. The zero-order valence-corrected chi connectivity index (χ0v) is 14.6. The summed E-state index contributed by atoms with van der Waals surface area (Å²) in [5, 5.41) is 12.6. The molecule has 2 rings (SSSR count). The summed E-state index contributed by atoms with van der Waals surface area (Å²) in [4.78, 5) is 14.5. The lowest BCUT2D eigenvalue weighted by Gasteiger charge is -2.23. The molecule has 25 heavy (non-hydrogen) atoms. The van der Waals surface area contributed by atoms with E-state index < -0.39 is 5.76 Å². The van der Waals surface area contributed by atoms with Gasteiger partial charge in [-0.1, -0.05) is 43.0 Å². The van der Waals surface area contributed by atoms with Crippen LogP contribution in [-0.4, -0.2) is 28.3 Å². The Hall–Kier alpha value is -2.28. The van der Waals surface area contributed by atoms with Crippen molar-refractivity contribution in [1.29, 1.82) is 0 Å². The molecule has 0 aromatic heterocycles. The molecule has 0 saturated carbocycles. The van der Waals surface area contributed by atoms with E-state index in [0.717, 1.165) is 6.42 Å². The van der Waals surface area contributed by atoms with Crippen molar-refractivity contribution < 1.29 is 18.7 Å². The van der Waals surface area contributed by atoms with Gasteiger partial charge in [0.2, 0.25) is 0 Å². The summed E-state index contributed by atoms with van der Waals surface area (Å²) in [6.07, 6.45) is 0.752. The molecule has 134 valence electrons. The smallest absolute Gasteiger partial charge is 0.322 e. The van der Waals surface area contributed by atoms with E-state index in [1.54, 1.807) is 47.4 Å². The summed E-state index contributed by atoms with van der Waals surface area (Å²) in [6, 6.07) is 12.8. The van der Waals surface area contributed by atoms with Gasteiger partial charge in [0.15, 0.2) is 0 Å². The van der Waals surface area contributed by atoms with E-state index in [4.69, 9.17) is 0 Å². The first kappa shape index (κ1) is 19.1. The minimum atomic E-state index is -2.51. The quantitative estimate of drug-likeness (QED) is 0.666. The van der Waals surface area contributed by atoms with Crippen LogP contribution in [0.4, 0.5) is 19.3 Å². The molecule has 2 aromatic rings. The number of rotatable bonds is 7. The van der Waals surface area contributed by atoms with Gasteiger partial charge in [-0.15, -0.1) is 0 Å². The maximum absolute atomic E-state index is 12.5. The topological polar surface area (TPSA) is 52.6 Å². The Morgan fingerprint density at radius 2 is 2.00 bits per heavy atom. The highest BCUT2D eigenvalue weighted by Gasteiger charge is 2.15. The standard InChI is InChI=1S/C18H20F2N2O2S/c1-2-10-22(12-13-6-3-4-9-16(13)23)18(24)21-14-7-5-8-15(11-14)25-17(19)20/h3-9,11,17,23H,2,10,12H2,1H3,(H,21,24). The molecule has 0 aliphatic rings. The average molecular weight is 366 g/mol. The van der Waals surface area contributed by atoms with Crippen molar-refractivity contribution in [2.45, 2.75) is 30.5 Å². The number of nitrogens with one attached hydrogen (secondary N) is 1. The molecule has 2 amide bonds. The molecule has 0 unspecified atom stereocenters. The molecular weight excluding hydrogens is 346 g/mol. The highest BCUT2D eigenvalue weighted by Crippen LogP contribution is 2.27. The van der Waals surface area contributed by atoms with Crippen LogP contribution in [0, 0.1) is 0 Å². The van der Waals surface area contributed by atoms with Crippen molar-refractivity contribution >= 4 is 23.5 Å². The van der Waals surface area contributed by atoms with Crippen LogP contribution in [0.2, 0.25) is 0 Å². The number of urea groups is 1. The number of hydrogen-bond acceptors (Lipinski definition) is 3. The third-order valence-corrected chi connectivity index (χ3v) is 4.15. The number of carbonyl (C=O) groups excluding carboxylic acids is 1. The number of amides is 2. The molecule has 0 radical (unpaired) electrons. The molecule has 4 nitrogen and oxygen atoms in total. The van der Waals surface area contributed by atoms with Gasteiger partial charge < -0.3 is 15.3 Å². The van der Waals surface area contributed by atoms with Crippen LogP contribution in [0.5, 0.6) is 5.75 Å². The normalized spacial score (nSPS) is 10.7. The molecule has 0 aliphatic heterocycles. The fraction of sp³-hybridized carbons (Fsp3) is 0.278. The number of carbonyl (C=O) groups is 1. The van der Waals surface area contributed by atoms with Gasteiger partial charge in [-0.25, -0.2) is 4.79 Å². The van der Waals surface area contributed by atoms with Gasteiger partial charge in [-0.2, -0.15) is 8.78 Å². The zero-order chi connectivity index (χ0) is 18.2. The molecule has 0 saturated heterocycles. The van der Waals surface area contributed by atoms with Crippen molar-refractivity contribution in [3.05, 3.63) is 54.1 Å². The number of halogens is 2. The van der Waals surface area contributed by atoms with Gasteiger partial charge in [0.05, 0.1) is 6.54 Å². The number of benzene rings is 2. The molecular formula is C18H20F2N2O2S. The van der Waals surface area contributed by atoms with Crippen LogP contribution in [0.15, 0.2) is 53.4 Å². The Bertz CT molecular complexity index is 713. The Morgan fingerprint density at radius 1 is 1.24 bits per heavy atom. The van der Waals surface area contributed by atoms with Crippen molar-refractivity contribution in [2.75, 3.05) is 11.9 Å². The van der Waals surface area contributed by atoms with E-state index in [0.29, 0.717) is 34.5 Å². The first-order valence-corrected chi connectivity index (χ1v) is 8.75. The third-order valence-electron chi connectivity index (χ3n) is 3.44. The molecule has 0 spiro atoms. The Morgan fingerprint density at radius 3 is 2.68 bits per heavy atom. The van der Waals surface area contributed by atoms with E-state index in [9.17, 15) is 18.7 Å². The summed E-state index contributed by atoms with van der Waals surface area (Å²) < 4.78 is 24.9. The highest BCUT2D eigenvalue weighted by atomic mass is 32.2. The van der Waals surface area contributed by atoms with Crippen molar-refractivity contribution in [2.24, 2.45) is 0 Å². The zero-order valence-electron chi connectivity index (χ0n) is 13.8. The molecule has 0 aliphatic carbocycles. The first-order valence-electron chi connectivity index (χ1n) is 7.87. The SMILES string of the molecule is CCCN(Cc1ccccc1O)C(=O)Nc1cccc(SC(F)F)c1. The van der Waals surface area contributed by atoms with Crippen molar-refractivity contribution in [3.63, 3.8) is 0 Å². The van der Waals surface area contributed by atoms with Gasteiger partial charge in [0, 0.05) is 22.7 Å². The Kier molecular flexibility index (Phi) is 7.06. The lowest BCUT2D eigenvalue weighted by molar-refractivity contribution is 0.208. The van der Waals surface area contributed by atoms with Gasteiger partial charge >= 0.3 is 6.03 Å². The number of para-hydroxylation sites is 1. The Labute approximate surface area is 149 Å². The van der Waals surface area contributed by atoms with Gasteiger partial charge in [0.1, 0.15) is 5.75 Å². The number of nitrogens with zero attached hydrogens (tertiary/aromatic N) is 1. The second kappa shape index (κ2) is 9.27. The minimum absolute atomic E-state index is 0.131. The van der Waals surface area contributed by atoms with Crippen LogP contribution in [0.1, 0.15) is 18.9 Å². The van der Waals surface area contributed by atoms with E-state index >= 15 is 0 Å². The number of hydrogen-bond donors (Lipinski definition) is 2. The number of aromatic hydroxyl groups is 1. The number of anilines is 1. The highest BCUT2D eigenvalue weighted by molar-refractivity contribution is 7.99. The summed E-state index contributed by atoms with van der Waals surface area (Å²) in [6.45, 7) is 2.72. The maximum Gasteiger partial charge on any atom is 0.322 e. The van der Waals surface area contributed by atoms with E-state index in [-0.39, 0.29) is 18.3 Å². The van der Waals surface area contributed by atoms with Gasteiger partial charge in [0.25, 0.3) is 5.76 Å². The van der Waals surface area contributed by atoms with Gasteiger partial charge in [-0.05, 0) is 30.7 Å². The molecule has 0 atom stereocenters. The third kappa shape index (κ3) is 5.94. The number of thioether (sulfide) groups is 1. The van der Waals surface area contributed by atoms with Crippen molar-refractivity contribution in [1.82, 2.24) is 4.90 Å². The predicted octanol–water partition coefficient (Wildman–Crippen LogP) is 5.15. The van der Waals surface area contributed by atoms with Crippen LogP contribution in [0.3, 0.4) is 0 Å². The Balaban J connectivity index is 2.08. The average Bonchev–Trinajstić information content (AvgIpc) is 2.56. The van der Waals surface area contributed by atoms with E-state index in [1.165, 1.54) is 6.07 Å². The second-order valence-electron chi connectivity index (χ2n) is 5.39. The summed E-state index contributed by atoms with van der Waals surface area (Å²) in [5.74, 6) is -2.38. The van der Waals surface area contributed by atoms with Crippen LogP contribution < -0.4 is 5.32 Å². The van der Waals surface area contributed by atoms with E-state index in [1.807, 2.05) is 6.92 Å². The van der Waals surface area contributed by atoms with Crippen molar-refractivity contribution in [3.8, 4) is 5.75 Å². The minimum Gasteiger partial charge on any atom is -0.508 e. The molecule has 2 N–H and O–H groups in total. The summed E-state index contributed by atoms with van der Waals surface area (Å²) in [7, 11) is 0. The summed E-state index contributed by atoms with van der Waals surface area (Å²) in [5.41, 5.74) is 1.10. The lowest BCUT2D eigenvalue weighted by atomic mass is 10.2. The fourth-order valence-electron chi connectivity index (χ4n) is 2.33. The molecule has 0 fully saturated rings. The second-order valence-corrected chi connectivity index (χ2v) is 6.45. The number of alkyl halides is 2. The van der Waals surface area contributed by atoms with Crippen LogP contribution in [-0.2, 0) is 6.54 Å². The van der Waals surface area contributed by atoms with Gasteiger partial charge in [-0.3, -0.25) is 0 Å². The number of phenolic OH excluding ortho intramolecular Hbond substituents is 1. The first-order chi connectivity index (χ1) is 12.0. The largest absolute Gasteiger partial charge is 0.508 e. The number of phenols is 1. The van der Waals surface area contributed by atoms with Crippen LogP contribution in [0.25, 0.3) is 0 Å². The predicted molar refractivity (Wildman–Crippen MR) is 96.1 cm³/mol. The lowest BCUT2D eigenvalue weighted by Crippen LogP contribution is -2.35. The van der Waals surface area contributed by atoms with Crippen LogP contribution >= 0.6 is 11.8 Å². The molecule has 0 bridgehead atoms. The summed E-state index contributed by atoms with van der Waals surface area (Å²) >= 11 is 0.432. The maximum atomic E-state index is 12.5. The van der Waals surface area contributed by atoms with E-state index in [2.05, 4.69) is 5.32 Å². The molecule has 2 aromatic carbocycles. The fourth-order valence-corrected chi connectivity index (χ4v) is 2.88.